The van der Waals surface area contributed by atoms with Gasteiger partial charge in [0.2, 0.25) is 5.91 Å². The van der Waals surface area contributed by atoms with Crippen molar-refractivity contribution >= 4 is 17.5 Å². The van der Waals surface area contributed by atoms with E-state index < -0.39 is 6.10 Å². The number of hydrogen-bond acceptors (Lipinski definition) is 3. The molecule has 1 atom stereocenters. The number of nitrogens with zero attached hydrogens (tertiary/aromatic N) is 2. The zero-order valence-electron chi connectivity index (χ0n) is 17.4. The van der Waals surface area contributed by atoms with Crippen molar-refractivity contribution in [2.24, 2.45) is 0 Å². The Labute approximate surface area is 169 Å². The van der Waals surface area contributed by atoms with Crippen LogP contribution in [0.3, 0.4) is 0 Å². The third kappa shape index (κ3) is 5.34. The molecule has 5 nitrogen and oxygen atoms in total. The Balaban J connectivity index is 1.76. The van der Waals surface area contributed by atoms with Crippen LogP contribution in [0.4, 0.5) is 5.69 Å². The highest BCUT2D eigenvalue weighted by atomic mass is 16.5. The molecule has 1 unspecified atom stereocenters. The first-order valence-electron chi connectivity index (χ1n) is 10.9. The van der Waals surface area contributed by atoms with E-state index in [1.54, 1.807) is 4.90 Å². The molecule has 0 radical (unpaired) electrons. The minimum atomic E-state index is -0.487. The van der Waals surface area contributed by atoms with Crippen LogP contribution in [0, 0.1) is 6.92 Å². The van der Waals surface area contributed by atoms with Gasteiger partial charge < -0.3 is 14.5 Å². The van der Waals surface area contributed by atoms with Gasteiger partial charge in [0.1, 0.15) is 12.6 Å². The average molecular weight is 387 g/mol. The van der Waals surface area contributed by atoms with Crippen LogP contribution in [-0.4, -0.2) is 48.6 Å². The average Bonchev–Trinajstić information content (AvgIpc) is 3.24. The highest BCUT2D eigenvalue weighted by molar-refractivity contribution is 6.01. The third-order valence-electron chi connectivity index (χ3n) is 5.92. The van der Waals surface area contributed by atoms with E-state index in [1.807, 2.05) is 43.0 Å². The van der Waals surface area contributed by atoms with Crippen molar-refractivity contribution in [1.29, 1.82) is 0 Å². The number of carbonyl (C=O) groups excluding carboxylic acids is 2. The minimum Gasteiger partial charge on any atom is -0.365 e. The molecular weight excluding hydrogens is 352 g/mol. The lowest BCUT2D eigenvalue weighted by molar-refractivity contribution is -0.137. The van der Waals surface area contributed by atoms with Crippen LogP contribution in [0.15, 0.2) is 24.3 Å². The first-order valence-corrected chi connectivity index (χ1v) is 10.9. The summed E-state index contributed by atoms with van der Waals surface area (Å²) in [6.07, 6.45) is 7.98. The smallest absolute Gasteiger partial charge is 0.256 e. The summed E-state index contributed by atoms with van der Waals surface area (Å²) >= 11 is 0. The molecular formula is C23H34N2O3. The second-order valence-electron chi connectivity index (χ2n) is 8.14. The molecule has 1 heterocycles. The third-order valence-corrected chi connectivity index (χ3v) is 5.92. The maximum Gasteiger partial charge on any atom is 0.256 e. The molecule has 2 aliphatic rings. The fourth-order valence-electron chi connectivity index (χ4n) is 4.16. The number of piperidine rings is 1. The van der Waals surface area contributed by atoms with Crippen molar-refractivity contribution in [3.8, 4) is 0 Å². The highest BCUT2D eigenvalue weighted by Gasteiger charge is 2.31. The minimum absolute atomic E-state index is 0.0318. The standard InChI is InChI=1S/C23H34N2O3/c1-3-21(28-20-9-5-6-10-20)23(27)25(19-13-11-18(2)12-14-19)17-22(26)24-15-7-4-8-16-24/h11-14,20-21H,3-10,15-17H2,1-2H3. The van der Waals surface area contributed by atoms with Gasteiger partial charge in [-0.25, -0.2) is 0 Å². The maximum absolute atomic E-state index is 13.4. The molecule has 2 fully saturated rings. The number of carbonyl (C=O) groups is 2. The summed E-state index contributed by atoms with van der Waals surface area (Å²) in [5, 5.41) is 0. The number of aryl methyl sites for hydroxylation is 1. The van der Waals surface area contributed by atoms with Gasteiger partial charge in [-0.15, -0.1) is 0 Å². The predicted octanol–water partition coefficient (Wildman–Crippen LogP) is 4.08. The number of amides is 2. The molecule has 1 saturated carbocycles. The molecule has 1 saturated heterocycles. The quantitative estimate of drug-likeness (QED) is 0.709. The van der Waals surface area contributed by atoms with Crippen LogP contribution in [0.5, 0.6) is 0 Å². The van der Waals surface area contributed by atoms with Gasteiger partial charge >= 0.3 is 0 Å². The zero-order chi connectivity index (χ0) is 19.9. The Kier molecular flexibility index (Phi) is 7.49. The maximum atomic E-state index is 13.4. The fraction of sp³-hybridized carbons (Fsp3) is 0.652. The van der Waals surface area contributed by atoms with Crippen molar-refractivity contribution in [2.75, 3.05) is 24.5 Å². The van der Waals surface area contributed by atoms with Gasteiger partial charge in [-0.1, -0.05) is 37.5 Å². The normalized spacial score (nSPS) is 18.9. The SMILES string of the molecule is CCC(OC1CCCC1)C(=O)N(CC(=O)N1CCCCC1)c1ccc(C)cc1. The molecule has 154 valence electrons. The van der Waals surface area contributed by atoms with Crippen molar-refractivity contribution in [3.63, 3.8) is 0 Å². The fourth-order valence-corrected chi connectivity index (χ4v) is 4.16. The molecule has 1 aromatic carbocycles. The number of ether oxygens (including phenoxy) is 1. The second-order valence-corrected chi connectivity index (χ2v) is 8.14. The molecule has 3 rings (SSSR count). The van der Waals surface area contributed by atoms with Gasteiger partial charge in [0.25, 0.3) is 5.91 Å². The molecule has 0 bridgehead atoms. The van der Waals surface area contributed by atoms with Gasteiger partial charge in [-0.3, -0.25) is 9.59 Å². The molecule has 2 amide bonds. The number of benzene rings is 1. The summed E-state index contributed by atoms with van der Waals surface area (Å²) in [4.78, 5) is 29.8. The Morgan fingerprint density at radius 2 is 1.71 bits per heavy atom. The largest absolute Gasteiger partial charge is 0.365 e. The lowest BCUT2D eigenvalue weighted by Gasteiger charge is -2.32. The Morgan fingerprint density at radius 1 is 1.07 bits per heavy atom. The number of rotatable bonds is 7. The van der Waals surface area contributed by atoms with E-state index in [9.17, 15) is 9.59 Å². The lowest BCUT2D eigenvalue weighted by atomic mass is 10.1. The van der Waals surface area contributed by atoms with Crippen LogP contribution in [0.1, 0.15) is 63.9 Å². The summed E-state index contributed by atoms with van der Waals surface area (Å²) in [5.74, 6) is -0.0621. The molecule has 1 aromatic rings. The highest BCUT2D eigenvalue weighted by Crippen LogP contribution is 2.25. The first kappa shape index (κ1) is 20.8. The van der Waals surface area contributed by atoms with E-state index in [1.165, 1.54) is 19.3 Å². The van der Waals surface area contributed by atoms with E-state index in [4.69, 9.17) is 4.74 Å². The number of likely N-dealkylation sites (tertiary alicyclic amines) is 1. The molecule has 5 heteroatoms. The molecule has 0 spiro atoms. The van der Waals surface area contributed by atoms with E-state index in [0.29, 0.717) is 6.42 Å². The van der Waals surface area contributed by atoms with Crippen LogP contribution in [0.25, 0.3) is 0 Å². The summed E-state index contributed by atoms with van der Waals surface area (Å²) in [5.41, 5.74) is 1.90. The van der Waals surface area contributed by atoms with Crippen LogP contribution in [0.2, 0.25) is 0 Å². The molecule has 1 aliphatic heterocycles. The first-order chi connectivity index (χ1) is 13.6. The zero-order valence-corrected chi connectivity index (χ0v) is 17.4. The second kappa shape index (κ2) is 10.1. The van der Waals surface area contributed by atoms with Gasteiger partial charge in [-0.05, 0) is 57.6 Å². The molecule has 0 aromatic heterocycles. The Bertz CT molecular complexity index is 646. The van der Waals surface area contributed by atoms with Crippen LogP contribution < -0.4 is 4.90 Å². The summed E-state index contributed by atoms with van der Waals surface area (Å²) in [6, 6.07) is 7.83. The lowest BCUT2D eigenvalue weighted by Crippen LogP contribution is -2.48. The van der Waals surface area contributed by atoms with Crippen molar-refractivity contribution < 1.29 is 14.3 Å². The predicted molar refractivity (Wildman–Crippen MR) is 111 cm³/mol. The summed E-state index contributed by atoms with van der Waals surface area (Å²) in [7, 11) is 0. The van der Waals surface area contributed by atoms with E-state index in [-0.39, 0.29) is 24.5 Å². The summed E-state index contributed by atoms with van der Waals surface area (Å²) < 4.78 is 6.16. The van der Waals surface area contributed by atoms with E-state index in [0.717, 1.165) is 50.0 Å². The van der Waals surface area contributed by atoms with Gasteiger partial charge in [0.15, 0.2) is 0 Å². The number of anilines is 1. The molecule has 0 N–H and O–H groups in total. The number of hydrogen-bond donors (Lipinski definition) is 0. The van der Waals surface area contributed by atoms with Gasteiger partial charge in [0, 0.05) is 18.8 Å². The molecule has 1 aliphatic carbocycles. The van der Waals surface area contributed by atoms with Crippen LogP contribution >= 0.6 is 0 Å². The van der Waals surface area contributed by atoms with Crippen molar-refractivity contribution in [2.45, 2.75) is 77.4 Å². The Morgan fingerprint density at radius 3 is 2.32 bits per heavy atom. The van der Waals surface area contributed by atoms with E-state index >= 15 is 0 Å². The molecule has 28 heavy (non-hydrogen) atoms. The van der Waals surface area contributed by atoms with Gasteiger partial charge in [0.05, 0.1) is 6.10 Å². The summed E-state index contributed by atoms with van der Waals surface area (Å²) in [6.45, 7) is 5.69. The van der Waals surface area contributed by atoms with Gasteiger partial charge in [-0.2, -0.15) is 0 Å². The van der Waals surface area contributed by atoms with Crippen LogP contribution in [-0.2, 0) is 14.3 Å². The topological polar surface area (TPSA) is 49.9 Å². The van der Waals surface area contributed by atoms with E-state index in [2.05, 4.69) is 0 Å². The van der Waals surface area contributed by atoms with Crippen molar-refractivity contribution in [1.82, 2.24) is 4.90 Å². The Hall–Kier alpha value is -1.88. The van der Waals surface area contributed by atoms with Crippen molar-refractivity contribution in [3.05, 3.63) is 29.8 Å². The monoisotopic (exact) mass is 386 g/mol.